The standard InChI is InChI=1S/C29H31ClN4O3S/c1-21-7-10-25(11-8-21)38(36,37)34(19-23-6-3-5-22(2)17-23)20-29(35)33-15-4-14-31-27-13-16-32-28-18-24(30)9-12-26(27)28/h3,5-13,16-18H,4,14-15,19-20H2,1-2H3,(H,31,32)(H,33,35). The zero-order chi connectivity index (χ0) is 27.1. The lowest BCUT2D eigenvalue weighted by Crippen LogP contribution is -2.40. The molecule has 0 aliphatic heterocycles. The Labute approximate surface area is 228 Å². The van der Waals surface area contributed by atoms with Gasteiger partial charge in [-0.05, 0) is 62.2 Å². The van der Waals surface area contributed by atoms with Crippen LogP contribution in [-0.2, 0) is 21.4 Å². The molecule has 1 amide bonds. The van der Waals surface area contributed by atoms with Crippen LogP contribution in [0.25, 0.3) is 10.9 Å². The highest BCUT2D eigenvalue weighted by Crippen LogP contribution is 2.24. The molecule has 0 spiro atoms. The minimum Gasteiger partial charge on any atom is -0.384 e. The zero-order valence-electron chi connectivity index (χ0n) is 21.4. The van der Waals surface area contributed by atoms with Crippen LogP contribution in [0.5, 0.6) is 0 Å². The maximum atomic E-state index is 13.5. The molecule has 0 aliphatic carbocycles. The van der Waals surface area contributed by atoms with E-state index in [4.69, 9.17) is 11.6 Å². The lowest BCUT2D eigenvalue weighted by atomic mass is 10.1. The maximum Gasteiger partial charge on any atom is 0.243 e. The number of hydrogen-bond donors (Lipinski definition) is 2. The van der Waals surface area contributed by atoms with E-state index in [1.54, 1.807) is 30.5 Å². The number of amides is 1. The molecule has 0 bridgehead atoms. The van der Waals surface area contributed by atoms with E-state index in [2.05, 4.69) is 15.6 Å². The van der Waals surface area contributed by atoms with Gasteiger partial charge in [0.25, 0.3) is 0 Å². The highest BCUT2D eigenvalue weighted by Gasteiger charge is 2.27. The van der Waals surface area contributed by atoms with Gasteiger partial charge in [0.15, 0.2) is 0 Å². The second-order valence-corrected chi connectivity index (χ2v) is 11.6. The molecule has 0 atom stereocenters. The number of pyridine rings is 1. The van der Waals surface area contributed by atoms with E-state index in [-0.39, 0.29) is 23.9 Å². The van der Waals surface area contributed by atoms with Gasteiger partial charge in [0, 0.05) is 41.9 Å². The molecule has 2 N–H and O–H groups in total. The predicted octanol–water partition coefficient (Wildman–Crippen LogP) is 5.31. The number of carbonyl (C=O) groups is 1. The van der Waals surface area contributed by atoms with Gasteiger partial charge < -0.3 is 10.6 Å². The van der Waals surface area contributed by atoms with Gasteiger partial charge in [-0.15, -0.1) is 0 Å². The zero-order valence-corrected chi connectivity index (χ0v) is 23.0. The molecular formula is C29H31ClN4O3S. The Balaban J connectivity index is 1.36. The summed E-state index contributed by atoms with van der Waals surface area (Å²) in [6.07, 6.45) is 2.38. The number of fused-ring (bicyclic) bond motifs is 1. The van der Waals surface area contributed by atoms with Crippen LogP contribution in [0, 0.1) is 13.8 Å². The van der Waals surface area contributed by atoms with E-state index in [0.717, 1.165) is 33.3 Å². The average molecular weight is 551 g/mol. The van der Waals surface area contributed by atoms with E-state index in [1.807, 2.05) is 62.4 Å². The molecule has 9 heteroatoms. The number of benzene rings is 3. The second kappa shape index (κ2) is 12.4. The van der Waals surface area contributed by atoms with E-state index >= 15 is 0 Å². The molecule has 7 nitrogen and oxygen atoms in total. The molecule has 0 unspecified atom stereocenters. The van der Waals surface area contributed by atoms with Crippen molar-refractivity contribution in [1.82, 2.24) is 14.6 Å². The summed E-state index contributed by atoms with van der Waals surface area (Å²) >= 11 is 6.06. The second-order valence-electron chi connectivity index (χ2n) is 9.23. The number of nitrogens with one attached hydrogen (secondary N) is 2. The number of hydrogen-bond acceptors (Lipinski definition) is 5. The van der Waals surface area contributed by atoms with Gasteiger partial charge >= 0.3 is 0 Å². The Morgan fingerprint density at radius 2 is 1.74 bits per heavy atom. The smallest absolute Gasteiger partial charge is 0.243 e. The SMILES string of the molecule is Cc1ccc(S(=O)(=O)N(CC(=O)NCCCNc2ccnc3cc(Cl)ccc23)Cc2cccc(C)c2)cc1. The van der Waals surface area contributed by atoms with E-state index in [0.29, 0.717) is 24.5 Å². The number of nitrogens with zero attached hydrogens (tertiary/aromatic N) is 2. The first-order chi connectivity index (χ1) is 18.2. The van der Waals surface area contributed by atoms with Crippen molar-refractivity contribution in [2.45, 2.75) is 31.7 Å². The fraction of sp³-hybridized carbons (Fsp3) is 0.241. The molecule has 0 fully saturated rings. The van der Waals surface area contributed by atoms with Crippen molar-refractivity contribution in [2.75, 3.05) is 25.0 Å². The summed E-state index contributed by atoms with van der Waals surface area (Å²) in [4.78, 5) is 17.3. The van der Waals surface area contributed by atoms with Crippen LogP contribution < -0.4 is 10.6 Å². The van der Waals surface area contributed by atoms with Crippen LogP contribution in [0.1, 0.15) is 23.1 Å². The van der Waals surface area contributed by atoms with Crippen molar-refractivity contribution in [1.29, 1.82) is 0 Å². The van der Waals surface area contributed by atoms with Crippen LogP contribution in [0.15, 0.2) is 83.9 Å². The van der Waals surface area contributed by atoms with Crippen LogP contribution in [0.2, 0.25) is 5.02 Å². The molecule has 198 valence electrons. The largest absolute Gasteiger partial charge is 0.384 e. The van der Waals surface area contributed by atoms with E-state index in [9.17, 15) is 13.2 Å². The molecule has 4 aromatic rings. The monoisotopic (exact) mass is 550 g/mol. The van der Waals surface area contributed by atoms with Crippen molar-refractivity contribution in [3.8, 4) is 0 Å². The van der Waals surface area contributed by atoms with Crippen LogP contribution in [-0.4, -0.2) is 43.2 Å². The van der Waals surface area contributed by atoms with Crippen LogP contribution in [0.3, 0.4) is 0 Å². The number of anilines is 1. The Bertz CT molecular complexity index is 1520. The van der Waals surface area contributed by atoms with Gasteiger partial charge in [-0.3, -0.25) is 9.78 Å². The van der Waals surface area contributed by atoms with Gasteiger partial charge in [0.1, 0.15) is 0 Å². The summed E-state index contributed by atoms with van der Waals surface area (Å²) in [7, 11) is -3.87. The summed E-state index contributed by atoms with van der Waals surface area (Å²) in [5.41, 5.74) is 4.55. The van der Waals surface area contributed by atoms with Crippen molar-refractivity contribution in [3.05, 3.63) is 101 Å². The molecule has 1 heterocycles. The van der Waals surface area contributed by atoms with Crippen LogP contribution >= 0.6 is 11.6 Å². The third kappa shape index (κ3) is 7.10. The first kappa shape index (κ1) is 27.6. The maximum absolute atomic E-state index is 13.5. The number of rotatable bonds is 11. The number of aryl methyl sites for hydroxylation is 2. The van der Waals surface area contributed by atoms with Gasteiger partial charge in [0.2, 0.25) is 15.9 Å². The summed E-state index contributed by atoms with van der Waals surface area (Å²) in [6.45, 7) is 4.71. The first-order valence-corrected chi connectivity index (χ1v) is 14.2. The summed E-state index contributed by atoms with van der Waals surface area (Å²) in [6, 6.07) is 21.8. The van der Waals surface area contributed by atoms with Gasteiger partial charge in [0.05, 0.1) is 17.0 Å². The van der Waals surface area contributed by atoms with Crippen molar-refractivity contribution < 1.29 is 13.2 Å². The minimum absolute atomic E-state index is 0.103. The fourth-order valence-electron chi connectivity index (χ4n) is 4.13. The highest BCUT2D eigenvalue weighted by molar-refractivity contribution is 7.89. The molecule has 0 radical (unpaired) electrons. The average Bonchev–Trinajstić information content (AvgIpc) is 2.88. The Kier molecular flexibility index (Phi) is 8.99. The first-order valence-electron chi connectivity index (χ1n) is 12.4. The number of carbonyl (C=O) groups excluding carboxylic acids is 1. The molecular weight excluding hydrogens is 520 g/mol. The number of halogens is 1. The molecule has 0 aliphatic rings. The summed E-state index contributed by atoms with van der Waals surface area (Å²) < 4.78 is 28.1. The lowest BCUT2D eigenvalue weighted by Gasteiger charge is -2.22. The molecule has 1 aromatic heterocycles. The van der Waals surface area contributed by atoms with Crippen molar-refractivity contribution in [2.24, 2.45) is 0 Å². The molecule has 0 saturated carbocycles. The van der Waals surface area contributed by atoms with Crippen LogP contribution in [0.4, 0.5) is 5.69 Å². The third-order valence-corrected chi connectivity index (χ3v) is 8.16. The third-order valence-electron chi connectivity index (χ3n) is 6.12. The Hall–Kier alpha value is -3.46. The highest BCUT2D eigenvalue weighted by atomic mass is 35.5. The quantitative estimate of drug-likeness (QED) is 0.247. The Morgan fingerprint density at radius 1 is 0.947 bits per heavy atom. The molecule has 0 saturated heterocycles. The Morgan fingerprint density at radius 3 is 2.50 bits per heavy atom. The van der Waals surface area contributed by atoms with E-state index in [1.165, 1.54) is 4.31 Å². The molecule has 3 aromatic carbocycles. The number of sulfonamides is 1. The normalized spacial score (nSPS) is 11.6. The topological polar surface area (TPSA) is 91.4 Å². The van der Waals surface area contributed by atoms with Gasteiger partial charge in [-0.1, -0.05) is 59.1 Å². The van der Waals surface area contributed by atoms with E-state index < -0.39 is 10.0 Å². The van der Waals surface area contributed by atoms with Gasteiger partial charge in [-0.2, -0.15) is 4.31 Å². The summed E-state index contributed by atoms with van der Waals surface area (Å²) in [5.74, 6) is -0.350. The van der Waals surface area contributed by atoms with Crippen molar-refractivity contribution >= 4 is 44.1 Å². The fourth-order valence-corrected chi connectivity index (χ4v) is 5.68. The van der Waals surface area contributed by atoms with Crippen molar-refractivity contribution in [3.63, 3.8) is 0 Å². The summed E-state index contributed by atoms with van der Waals surface area (Å²) in [5, 5.41) is 7.83. The molecule has 38 heavy (non-hydrogen) atoms. The lowest BCUT2D eigenvalue weighted by molar-refractivity contribution is -0.121. The molecule has 4 rings (SSSR count). The number of aromatic nitrogens is 1. The minimum atomic E-state index is -3.87. The van der Waals surface area contributed by atoms with Gasteiger partial charge in [-0.25, -0.2) is 8.42 Å². The predicted molar refractivity (Wildman–Crippen MR) is 153 cm³/mol.